The predicted molar refractivity (Wildman–Crippen MR) is 85.8 cm³/mol. The summed E-state index contributed by atoms with van der Waals surface area (Å²) >= 11 is 0. The molecule has 0 N–H and O–H groups in total. The lowest BCUT2D eigenvalue weighted by Gasteiger charge is -2.25. The number of benzene rings is 1. The number of nitrogens with zero attached hydrogens (tertiary/aromatic N) is 2. The number of alkyl halides is 3. The van der Waals surface area contributed by atoms with Gasteiger partial charge in [0.15, 0.2) is 0 Å². The molecule has 1 aromatic carbocycles. The maximum absolute atomic E-state index is 13.1. The number of likely N-dealkylation sites (tertiary alicyclic amines) is 1. The van der Waals surface area contributed by atoms with Gasteiger partial charge < -0.3 is 9.47 Å². The molecule has 1 aliphatic rings. The molecule has 1 saturated heterocycles. The van der Waals surface area contributed by atoms with Gasteiger partial charge >= 0.3 is 6.18 Å². The van der Waals surface area contributed by atoms with Crippen LogP contribution in [0.2, 0.25) is 0 Å². The number of pyridine rings is 1. The molecule has 2 aromatic rings. The lowest BCUT2D eigenvalue weighted by atomic mass is 10.0. The minimum Gasteiger partial charge on any atom is -0.334 e. The van der Waals surface area contributed by atoms with Gasteiger partial charge in [-0.25, -0.2) is 4.39 Å². The van der Waals surface area contributed by atoms with Crippen molar-refractivity contribution in [1.29, 1.82) is 0 Å². The van der Waals surface area contributed by atoms with E-state index in [2.05, 4.69) is 0 Å². The summed E-state index contributed by atoms with van der Waals surface area (Å²) < 4.78 is 52.3. The van der Waals surface area contributed by atoms with Gasteiger partial charge in [-0.3, -0.25) is 9.59 Å². The zero-order chi connectivity index (χ0) is 18.9. The summed E-state index contributed by atoms with van der Waals surface area (Å²) in [5.41, 5.74) is -0.904. The zero-order valence-electron chi connectivity index (χ0n) is 13.7. The van der Waals surface area contributed by atoms with Crippen LogP contribution in [0.25, 0.3) is 0 Å². The number of hydrogen-bond donors (Lipinski definition) is 0. The molecule has 0 spiro atoms. The van der Waals surface area contributed by atoms with Crippen molar-refractivity contribution in [1.82, 2.24) is 9.47 Å². The second-order valence-corrected chi connectivity index (χ2v) is 6.18. The molecule has 0 radical (unpaired) electrons. The standard InChI is InChI=1S/C18H16F4N2O2/c19-14-6-3-12(4-7-14)15-2-1-9-24(15)17(26)11-23-10-13(18(20,21)22)5-8-16(23)25/h3-8,10,15H,1-2,9,11H2/t15-/m1/s1. The minimum atomic E-state index is -4.59. The molecule has 138 valence electrons. The molecular formula is C18H16F4N2O2. The Morgan fingerprint density at radius 1 is 1.12 bits per heavy atom. The van der Waals surface area contributed by atoms with Crippen molar-refractivity contribution in [3.05, 3.63) is 69.9 Å². The molecule has 0 bridgehead atoms. The van der Waals surface area contributed by atoms with Gasteiger partial charge in [0.25, 0.3) is 5.56 Å². The Labute approximate surface area is 146 Å². The lowest BCUT2D eigenvalue weighted by Crippen LogP contribution is -2.36. The van der Waals surface area contributed by atoms with Crippen molar-refractivity contribution in [3.63, 3.8) is 0 Å². The van der Waals surface area contributed by atoms with Crippen LogP contribution in [0.1, 0.15) is 30.0 Å². The van der Waals surface area contributed by atoms with Crippen molar-refractivity contribution in [3.8, 4) is 0 Å². The molecule has 0 unspecified atom stereocenters. The van der Waals surface area contributed by atoms with Gasteiger partial charge in [-0.15, -0.1) is 0 Å². The number of hydrogen-bond acceptors (Lipinski definition) is 2. The van der Waals surface area contributed by atoms with Crippen molar-refractivity contribution < 1.29 is 22.4 Å². The van der Waals surface area contributed by atoms with E-state index in [0.29, 0.717) is 25.2 Å². The van der Waals surface area contributed by atoms with E-state index >= 15 is 0 Å². The number of carbonyl (C=O) groups is 1. The smallest absolute Gasteiger partial charge is 0.334 e. The molecule has 8 heteroatoms. The molecule has 2 heterocycles. The van der Waals surface area contributed by atoms with Crippen LogP contribution in [0, 0.1) is 5.82 Å². The Hall–Kier alpha value is -2.64. The first-order valence-corrected chi connectivity index (χ1v) is 8.08. The highest BCUT2D eigenvalue weighted by atomic mass is 19.4. The maximum atomic E-state index is 13.1. The molecule has 1 atom stereocenters. The third kappa shape index (κ3) is 3.79. The Balaban J connectivity index is 1.81. The van der Waals surface area contributed by atoms with Crippen LogP contribution in [0.15, 0.2) is 47.4 Å². The highest BCUT2D eigenvalue weighted by molar-refractivity contribution is 5.77. The fraction of sp³-hybridized carbons (Fsp3) is 0.333. The summed E-state index contributed by atoms with van der Waals surface area (Å²) in [6.07, 6.45) is -2.54. The topological polar surface area (TPSA) is 42.3 Å². The Morgan fingerprint density at radius 2 is 1.81 bits per heavy atom. The van der Waals surface area contributed by atoms with Crippen LogP contribution in [0.4, 0.5) is 17.6 Å². The molecule has 26 heavy (non-hydrogen) atoms. The first kappa shape index (κ1) is 18.2. The average Bonchev–Trinajstić information content (AvgIpc) is 3.06. The summed E-state index contributed by atoms with van der Waals surface area (Å²) in [6.45, 7) is -0.0327. The average molecular weight is 368 g/mol. The van der Waals surface area contributed by atoms with E-state index in [4.69, 9.17) is 0 Å². The zero-order valence-corrected chi connectivity index (χ0v) is 13.7. The first-order chi connectivity index (χ1) is 12.3. The molecule has 0 aliphatic carbocycles. The second kappa shape index (κ2) is 6.93. The number of carbonyl (C=O) groups excluding carboxylic acids is 1. The SMILES string of the molecule is O=C(Cn1cc(C(F)(F)F)ccc1=O)N1CCC[C@@H]1c1ccc(F)cc1. The molecular weight excluding hydrogens is 352 g/mol. The number of rotatable bonds is 3. The van der Waals surface area contributed by atoms with Gasteiger partial charge in [-0.2, -0.15) is 13.2 Å². The minimum absolute atomic E-state index is 0.274. The summed E-state index contributed by atoms with van der Waals surface area (Å²) in [4.78, 5) is 25.9. The molecule has 4 nitrogen and oxygen atoms in total. The molecule has 1 aliphatic heterocycles. The van der Waals surface area contributed by atoms with Crippen LogP contribution < -0.4 is 5.56 Å². The van der Waals surface area contributed by atoms with Gasteiger partial charge in [0.05, 0.1) is 11.6 Å². The summed E-state index contributed by atoms with van der Waals surface area (Å²) in [6, 6.07) is 6.99. The maximum Gasteiger partial charge on any atom is 0.417 e. The van der Waals surface area contributed by atoms with Crippen molar-refractivity contribution in [2.45, 2.75) is 31.6 Å². The molecule has 3 rings (SSSR count). The summed E-state index contributed by atoms with van der Waals surface area (Å²) in [5, 5.41) is 0. The Morgan fingerprint density at radius 3 is 2.46 bits per heavy atom. The van der Waals surface area contributed by atoms with Gasteiger partial charge in [-0.05, 0) is 36.6 Å². The Kier molecular flexibility index (Phi) is 4.84. The normalized spacial score (nSPS) is 17.5. The van der Waals surface area contributed by atoms with Crippen molar-refractivity contribution in [2.75, 3.05) is 6.54 Å². The van der Waals surface area contributed by atoms with Crippen LogP contribution in [-0.2, 0) is 17.5 Å². The Bertz CT molecular complexity index is 859. The van der Waals surface area contributed by atoms with Gasteiger partial charge in [0.1, 0.15) is 12.4 Å². The van der Waals surface area contributed by atoms with E-state index in [1.807, 2.05) is 0 Å². The van der Waals surface area contributed by atoms with E-state index in [1.54, 1.807) is 12.1 Å². The number of aromatic nitrogens is 1. The van der Waals surface area contributed by atoms with Gasteiger partial charge in [0, 0.05) is 18.8 Å². The van der Waals surface area contributed by atoms with Gasteiger partial charge in [-0.1, -0.05) is 12.1 Å². The molecule has 1 aromatic heterocycles. The first-order valence-electron chi connectivity index (χ1n) is 8.08. The largest absolute Gasteiger partial charge is 0.417 e. The van der Waals surface area contributed by atoms with E-state index in [9.17, 15) is 27.2 Å². The highest BCUT2D eigenvalue weighted by Gasteiger charge is 2.32. The van der Waals surface area contributed by atoms with Crippen LogP contribution in [0.3, 0.4) is 0 Å². The molecule has 1 fully saturated rings. The predicted octanol–water partition coefficient (Wildman–Crippen LogP) is 3.37. The van der Waals surface area contributed by atoms with Crippen LogP contribution >= 0.6 is 0 Å². The summed E-state index contributed by atoms with van der Waals surface area (Å²) in [5.74, 6) is -0.835. The molecule has 0 saturated carbocycles. The van der Waals surface area contributed by atoms with Gasteiger partial charge in [0.2, 0.25) is 5.91 Å². The fourth-order valence-corrected chi connectivity index (χ4v) is 3.16. The third-order valence-corrected chi connectivity index (χ3v) is 4.44. The van der Waals surface area contributed by atoms with Crippen molar-refractivity contribution >= 4 is 5.91 Å². The van der Waals surface area contributed by atoms with E-state index in [0.717, 1.165) is 22.6 Å². The number of amides is 1. The summed E-state index contributed by atoms with van der Waals surface area (Å²) in [7, 11) is 0. The third-order valence-electron chi connectivity index (χ3n) is 4.44. The second-order valence-electron chi connectivity index (χ2n) is 6.18. The van der Waals surface area contributed by atoms with Crippen LogP contribution in [-0.4, -0.2) is 21.9 Å². The lowest BCUT2D eigenvalue weighted by molar-refractivity contribution is -0.139. The van der Waals surface area contributed by atoms with E-state index in [-0.39, 0.29) is 11.9 Å². The highest BCUT2D eigenvalue weighted by Crippen LogP contribution is 2.32. The molecule has 1 amide bonds. The van der Waals surface area contributed by atoms with Crippen LogP contribution in [0.5, 0.6) is 0 Å². The quantitative estimate of drug-likeness (QED) is 0.780. The fourth-order valence-electron chi connectivity index (χ4n) is 3.16. The number of halogens is 4. The monoisotopic (exact) mass is 368 g/mol. The van der Waals surface area contributed by atoms with Crippen molar-refractivity contribution in [2.24, 2.45) is 0 Å². The van der Waals surface area contributed by atoms with E-state index < -0.39 is 29.8 Å². The van der Waals surface area contributed by atoms with E-state index in [1.165, 1.54) is 17.0 Å².